The monoisotopic (exact) mass is 313 g/mol. The molecular weight excluding hydrogens is 294 g/mol. The molecule has 0 spiro atoms. The number of hydrogen-bond donors (Lipinski definition) is 2. The van der Waals surface area contributed by atoms with Gasteiger partial charge in [0.2, 0.25) is 11.8 Å². The molecule has 0 radical (unpaired) electrons. The smallest absolute Gasteiger partial charge is 0.238 e. The molecule has 0 aliphatic heterocycles. The molecule has 0 atom stereocenters. The van der Waals surface area contributed by atoms with Gasteiger partial charge in [0.25, 0.3) is 0 Å². The van der Waals surface area contributed by atoms with Crippen LogP contribution < -0.4 is 15.4 Å². The van der Waals surface area contributed by atoms with Crippen LogP contribution in [0.4, 0.5) is 5.69 Å². The Labute approximate surface area is 129 Å². The summed E-state index contributed by atoms with van der Waals surface area (Å²) in [5.41, 5.74) is 0.501. The maximum Gasteiger partial charge on any atom is 0.238 e. The number of amides is 2. The molecular formula is C14H20ClN3O3. The molecule has 1 aromatic rings. The Morgan fingerprint density at radius 1 is 1.29 bits per heavy atom. The molecule has 0 bridgehead atoms. The van der Waals surface area contributed by atoms with E-state index < -0.39 is 0 Å². The maximum absolute atomic E-state index is 12.0. The second-order valence-corrected chi connectivity index (χ2v) is 4.96. The van der Waals surface area contributed by atoms with Gasteiger partial charge < -0.3 is 15.4 Å². The summed E-state index contributed by atoms with van der Waals surface area (Å²) < 4.78 is 5.15. The Kier molecular flexibility index (Phi) is 6.98. The molecule has 0 aliphatic carbocycles. The van der Waals surface area contributed by atoms with Crippen LogP contribution in [-0.2, 0) is 9.59 Å². The van der Waals surface area contributed by atoms with Crippen molar-refractivity contribution in [3.63, 3.8) is 0 Å². The van der Waals surface area contributed by atoms with Crippen LogP contribution in [-0.4, -0.2) is 50.5 Å². The van der Waals surface area contributed by atoms with E-state index in [1.807, 2.05) is 6.92 Å². The third kappa shape index (κ3) is 6.01. The molecule has 0 aromatic heterocycles. The highest BCUT2D eigenvalue weighted by Gasteiger charge is 2.12. The van der Waals surface area contributed by atoms with Gasteiger partial charge in [-0.1, -0.05) is 11.6 Å². The average Bonchev–Trinajstić information content (AvgIpc) is 2.38. The van der Waals surface area contributed by atoms with E-state index in [1.54, 1.807) is 30.1 Å². The van der Waals surface area contributed by atoms with Crippen molar-refractivity contribution in [1.82, 2.24) is 10.2 Å². The lowest BCUT2D eigenvalue weighted by atomic mass is 10.3. The number of hydrogen-bond acceptors (Lipinski definition) is 4. The second kappa shape index (κ2) is 8.49. The molecule has 116 valence electrons. The lowest BCUT2D eigenvalue weighted by Gasteiger charge is -2.16. The van der Waals surface area contributed by atoms with Crippen molar-refractivity contribution >= 4 is 29.1 Å². The number of nitrogens with zero attached hydrogens (tertiary/aromatic N) is 1. The van der Waals surface area contributed by atoms with Crippen LogP contribution in [0.25, 0.3) is 0 Å². The highest BCUT2D eigenvalue weighted by molar-refractivity contribution is 6.31. The number of rotatable bonds is 7. The highest BCUT2D eigenvalue weighted by Crippen LogP contribution is 2.27. The van der Waals surface area contributed by atoms with Gasteiger partial charge in [0.1, 0.15) is 5.75 Å². The standard InChI is InChI=1S/C14H20ClN3O3/c1-4-16-13(19)8-18(2)9-14(20)17-11-7-10(15)5-6-12(11)21-3/h5-7H,4,8-9H2,1-3H3,(H,16,19)(H,17,20). The van der Waals surface area contributed by atoms with Gasteiger partial charge in [0.05, 0.1) is 25.9 Å². The van der Waals surface area contributed by atoms with Crippen LogP contribution >= 0.6 is 11.6 Å². The Bertz CT molecular complexity index is 508. The zero-order chi connectivity index (χ0) is 15.8. The first-order valence-electron chi connectivity index (χ1n) is 6.55. The Morgan fingerprint density at radius 3 is 2.57 bits per heavy atom. The fourth-order valence-corrected chi connectivity index (χ4v) is 1.94. The minimum atomic E-state index is -0.248. The van der Waals surface area contributed by atoms with E-state index in [0.29, 0.717) is 23.0 Å². The van der Waals surface area contributed by atoms with Crippen molar-refractivity contribution in [2.75, 3.05) is 39.1 Å². The highest BCUT2D eigenvalue weighted by atomic mass is 35.5. The number of halogens is 1. The lowest BCUT2D eigenvalue weighted by Crippen LogP contribution is -2.38. The van der Waals surface area contributed by atoms with Crippen LogP contribution in [0.1, 0.15) is 6.92 Å². The number of ether oxygens (including phenoxy) is 1. The number of likely N-dealkylation sites (N-methyl/N-ethyl adjacent to an activating group) is 2. The first kappa shape index (κ1) is 17.3. The normalized spacial score (nSPS) is 10.3. The Morgan fingerprint density at radius 2 is 1.95 bits per heavy atom. The van der Waals surface area contributed by atoms with Crippen molar-refractivity contribution < 1.29 is 14.3 Å². The van der Waals surface area contributed by atoms with Gasteiger partial charge >= 0.3 is 0 Å². The predicted octanol–water partition coefficient (Wildman–Crippen LogP) is 1.35. The van der Waals surface area contributed by atoms with E-state index in [2.05, 4.69) is 10.6 Å². The van der Waals surface area contributed by atoms with E-state index in [4.69, 9.17) is 16.3 Å². The molecule has 0 unspecified atom stereocenters. The zero-order valence-electron chi connectivity index (χ0n) is 12.4. The van der Waals surface area contributed by atoms with Crippen LogP contribution in [0.3, 0.4) is 0 Å². The van der Waals surface area contributed by atoms with Crippen molar-refractivity contribution in [2.24, 2.45) is 0 Å². The summed E-state index contributed by atoms with van der Waals surface area (Å²) in [6.45, 7) is 2.66. The number of carbonyl (C=O) groups is 2. The Hall–Kier alpha value is -1.79. The number of benzene rings is 1. The van der Waals surface area contributed by atoms with E-state index in [-0.39, 0.29) is 24.9 Å². The van der Waals surface area contributed by atoms with Crippen molar-refractivity contribution in [1.29, 1.82) is 0 Å². The van der Waals surface area contributed by atoms with Crippen molar-refractivity contribution in [3.05, 3.63) is 23.2 Å². The molecule has 0 heterocycles. The summed E-state index contributed by atoms with van der Waals surface area (Å²) in [6, 6.07) is 4.97. The molecule has 0 aliphatic rings. The molecule has 1 rings (SSSR count). The summed E-state index contributed by atoms with van der Waals surface area (Å²) >= 11 is 5.90. The molecule has 6 nitrogen and oxygen atoms in total. The molecule has 1 aromatic carbocycles. The van der Waals surface area contributed by atoms with Gasteiger partial charge in [0.15, 0.2) is 0 Å². The van der Waals surface area contributed by atoms with Crippen LogP contribution in [0, 0.1) is 0 Å². The number of nitrogens with one attached hydrogen (secondary N) is 2. The molecule has 0 saturated carbocycles. The number of carbonyl (C=O) groups excluding carboxylic acids is 2. The first-order valence-corrected chi connectivity index (χ1v) is 6.92. The third-order valence-electron chi connectivity index (χ3n) is 2.64. The quantitative estimate of drug-likeness (QED) is 0.797. The zero-order valence-corrected chi connectivity index (χ0v) is 13.2. The first-order chi connectivity index (χ1) is 9.96. The van der Waals surface area contributed by atoms with E-state index in [9.17, 15) is 9.59 Å². The van der Waals surface area contributed by atoms with Gasteiger partial charge in [0, 0.05) is 11.6 Å². The molecule has 7 heteroatoms. The minimum Gasteiger partial charge on any atom is -0.495 e. The molecule has 2 amide bonds. The van der Waals surface area contributed by atoms with Crippen molar-refractivity contribution in [2.45, 2.75) is 6.92 Å². The molecule has 0 fully saturated rings. The maximum atomic E-state index is 12.0. The second-order valence-electron chi connectivity index (χ2n) is 4.52. The predicted molar refractivity (Wildman–Crippen MR) is 82.8 cm³/mol. The average molecular weight is 314 g/mol. The molecule has 0 saturated heterocycles. The Balaban J connectivity index is 2.57. The summed E-state index contributed by atoms with van der Waals surface area (Å²) in [4.78, 5) is 25.0. The van der Waals surface area contributed by atoms with Gasteiger partial charge in [-0.3, -0.25) is 14.5 Å². The number of methoxy groups -OCH3 is 1. The number of anilines is 1. The summed E-state index contributed by atoms with van der Waals surface area (Å²) in [6.07, 6.45) is 0. The van der Waals surface area contributed by atoms with E-state index in [0.717, 1.165) is 0 Å². The topological polar surface area (TPSA) is 70.7 Å². The third-order valence-corrected chi connectivity index (χ3v) is 2.87. The fraction of sp³-hybridized carbons (Fsp3) is 0.429. The van der Waals surface area contributed by atoms with Gasteiger partial charge in [-0.25, -0.2) is 0 Å². The minimum absolute atomic E-state index is 0.0901. The lowest BCUT2D eigenvalue weighted by molar-refractivity contribution is -0.122. The van der Waals surface area contributed by atoms with Crippen LogP contribution in [0.2, 0.25) is 5.02 Å². The van der Waals surface area contributed by atoms with Crippen LogP contribution in [0.5, 0.6) is 5.75 Å². The van der Waals surface area contributed by atoms with E-state index in [1.165, 1.54) is 7.11 Å². The SMILES string of the molecule is CCNC(=O)CN(C)CC(=O)Nc1cc(Cl)ccc1OC. The largest absolute Gasteiger partial charge is 0.495 e. The molecule has 2 N–H and O–H groups in total. The van der Waals surface area contributed by atoms with E-state index >= 15 is 0 Å². The van der Waals surface area contributed by atoms with Crippen molar-refractivity contribution in [3.8, 4) is 5.75 Å². The summed E-state index contributed by atoms with van der Waals surface area (Å²) in [7, 11) is 3.21. The van der Waals surface area contributed by atoms with Gasteiger partial charge in [-0.05, 0) is 32.2 Å². The van der Waals surface area contributed by atoms with Gasteiger partial charge in [-0.2, -0.15) is 0 Å². The fourth-order valence-electron chi connectivity index (χ4n) is 1.77. The summed E-state index contributed by atoms with van der Waals surface area (Å²) in [5, 5.41) is 5.89. The van der Waals surface area contributed by atoms with Crippen LogP contribution in [0.15, 0.2) is 18.2 Å². The van der Waals surface area contributed by atoms with Gasteiger partial charge in [-0.15, -0.1) is 0 Å². The summed E-state index contributed by atoms with van der Waals surface area (Å²) in [5.74, 6) is 0.162. The molecule has 21 heavy (non-hydrogen) atoms.